The van der Waals surface area contributed by atoms with E-state index in [0.717, 1.165) is 6.42 Å². The van der Waals surface area contributed by atoms with Crippen LogP contribution in [-0.2, 0) is 4.79 Å². The van der Waals surface area contributed by atoms with E-state index >= 15 is 0 Å². The summed E-state index contributed by atoms with van der Waals surface area (Å²) in [6, 6.07) is 6.55. The third kappa shape index (κ3) is 1.74. The van der Waals surface area contributed by atoms with Crippen molar-refractivity contribution in [3.05, 3.63) is 29.3 Å². The molecule has 0 saturated heterocycles. The molecule has 1 saturated carbocycles. The molecule has 1 aromatic rings. The summed E-state index contributed by atoms with van der Waals surface area (Å²) in [7, 11) is 0. The number of hydrogen-bond acceptors (Lipinski definition) is 1. The molecule has 1 spiro atoms. The first-order valence-corrected chi connectivity index (χ1v) is 8.61. The summed E-state index contributed by atoms with van der Waals surface area (Å²) in [5, 5.41) is 0. The first-order valence-electron chi connectivity index (χ1n) is 8.61. The maximum absolute atomic E-state index is 13.0. The highest BCUT2D eigenvalue weighted by atomic mass is 16.2. The molecule has 2 heterocycles. The average Bonchev–Trinajstić information content (AvgIpc) is 2.66. The van der Waals surface area contributed by atoms with E-state index in [0.29, 0.717) is 11.8 Å². The van der Waals surface area contributed by atoms with Gasteiger partial charge in [-0.05, 0) is 43.2 Å². The number of benzene rings is 1. The number of anilines is 1. The predicted octanol–water partition coefficient (Wildman–Crippen LogP) is 4.74. The van der Waals surface area contributed by atoms with Gasteiger partial charge in [-0.2, -0.15) is 0 Å². The van der Waals surface area contributed by atoms with Gasteiger partial charge in [-0.1, -0.05) is 50.8 Å². The Morgan fingerprint density at radius 3 is 2.43 bits per heavy atom. The SMILES string of the molecule is CC1CC2(CCCCCC2)N2C(=O)C(C)c3cccc1c32. The van der Waals surface area contributed by atoms with Gasteiger partial charge >= 0.3 is 0 Å². The average molecular weight is 283 g/mol. The first kappa shape index (κ1) is 13.4. The maximum Gasteiger partial charge on any atom is 0.234 e. The maximum atomic E-state index is 13.0. The molecule has 2 nitrogen and oxygen atoms in total. The highest BCUT2D eigenvalue weighted by Gasteiger charge is 2.51. The van der Waals surface area contributed by atoms with E-state index in [-0.39, 0.29) is 11.5 Å². The van der Waals surface area contributed by atoms with Gasteiger partial charge < -0.3 is 4.90 Å². The van der Waals surface area contributed by atoms with Gasteiger partial charge in [0.1, 0.15) is 0 Å². The van der Waals surface area contributed by atoms with Crippen LogP contribution in [-0.4, -0.2) is 11.4 Å². The number of carbonyl (C=O) groups is 1. The summed E-state index contributed by atoms with van der Waals surface area (Å²) in [6.07, 6.45) is 8.78. The van der Waals surface area contributed by atoms with Crippen molar-refractivity contribution in [2.45, 2.75) is 76.2 Å². The van der Waals surface area contributed by atoms with Crippen molar-refractivity contribution >= 4 is 11.6 Å². The number of amides is 1. The van der Waals surface area contributed by atoms with Crippen LogP contribution in [0, 0.1) is 0 Å². The molecule has 3 aliphatic rings. The lowest BCUT2D eigenvalue weighted by atomic mass is 9.74. The monoisotopic (exact) mass is 283 g/mol. The summed E-state index contributed by atoms with van der Waals surface area (Å²) in [5.41, 5.74) is 4.07. The quantitative estimate of drug-likeness (QED) is 0.673. The van der Waals surface area contributed by atoms with Gasteiger partial charge in [-0.15, -0.1) is 0 Å². The topological polar surface area (TPSA) is 20.3 Å². The Kier molecular flexibility index (Phi) is 2.92. The number of para-hydroxylation sites is 1. The molecule has 0 aromatic heterocycles. The third-order valence-corrected chi connectivity index (χ3v) is 6.11. The summed E-state index contributed by atoms with van der Waals surface area (Å²) < 4.78 is 0. The lowest BCUT2D eigenvalue weighted by molar-refractivity contribution is -0.120. The van der Waals surface area contributed by atoms with E-state index in [1.807, 2.05) is 0 Å². The molecule has 21 heavy (non-hydrogen) atoms. The molecular formula is C19H25NO. The molecule has 112 valence electrons. The number of nitrogens with zero attached hydrogens (tertiary/aromatic N) is 1. The van der Waals surface area contributed by atoms with Crippen LogP contribution in [0.25, 0.3) is 0 Å². The smallest absolute Gasteiger partial charge is 0.234 e. The second-order valence-electron chi connectivity index (χ2n) is 7.42. The van der Waals surface area contributed by atoms with Crippen molar-refractivity contribution in [1.29, 1.82) is 0 Å². The van der Waals surface area contributed by atoms with Crippen LogP contribution in [0.2, 0.25) is 0 Å². The largest absolute Gasteiger partial charge is 0.305 e. The zero-order chi connectivity index (χ0) is 14.6. The summed E-state index contributed by atoms with van der Waals surface area (Å²) in [6.45, 7) is 4.44. The highest BCUT2D eigenvalue weighted by molar-refractivity contribution is 6.07. The van der Waals surface area contributed by atoms with E-state index in [9.17, 15) is 4.79 Å². The van der Waals surface area contributed by atoms with Gasteiger partial charge in [0.25, 0.3) is 0 Å². The normalized spacial score (nSPS) is 30.4. The fourth-order valence-electron chi connectivity index (χ4n) is 5.08. The van der Waals surface area contributed by atoms with E-state index in [2.05, 4.69) is 36.9 Å². The number of hydrogen-bond donors (Lipinski definition) is 0. The van der Waals surface area contributed by atoms with Gasteiger partial charge in [-0.3, -0.25) is 4.79 Å². The number of carbonyl (C=O) groups excluding carboxylic acids is 1. The van der Waals surface area contributed by atoms with Gasteiger partial charge in [-0.25, -0.2) is 0 Å². The zero-order valence-corrected chi connectivity index (χ0v) is 13.2. The van der Waals surface area contributed by atoms with Crippen molar-refractivity contribution in [2.24, 2.45) is 0 Å². The molecule has 2 heteroatoms. The van der Waals surface area contributed by atoms with E-state index in [4.69, 9.17) is 0 Å². The summed E-state index contributed by atoms with van der Waals surface area (Å²) in [5.74, 6) is 0.976. The summed E-state index contributed by atoms with van der Waals surface area (Å²) in [4.78, 5) is 15.3. The van der Waals surface area contributed by atoms with Crippen LogP contribution in [0.15, 0.2) is 18.2 Å². The Balaban J connectivity index is 1.90. The Labute approximate surface area is 127 Å². The number of fused-ring (bicyclic) bond motifs is 1. The minimum absolute atomic E-state index is 0.0466. The molecule has 1 fully saturated rings. The van der Waals surface area contributed by atoms with Crippen molar-refractivity contribution in [3.63, 3.8) is 0 Å². The second kappa shape index (κ2) is 4.59. The Hall–Kier alpha value is -1.31. The molecule has 2 unspecified atom stereocenters. The van der Waals surface area contributed by atoms with Crippen LogP contribution in [0.4, 0.5) is 5.69 Å². The first-order chi connectivity index (χ1) is 10.1. The molecule has 1 aliphatic carbocycles. The van der Waals surface area contributed by atoms with Crippen molar-refractivity contribution in [2.75, 3.05) is 4.90 Å². The second-order valence-corrected chi connectivity index (χ2v) is 7.42. The van der Waals surface area contributed by atoms with Gasteiger partial charge in [0.05, 0.1) is 11.6 Å². The molecule has 0 N–H and O–H groups in total. The fourth-order valence-corrected chi connectivity index (χ4v) is 5.08. The Bertz CT molecular complexity index is 583. The molecule has 2 atom stereocenters. The van der Waals surface area contributed by atoms with Gasteiger partial charge in [0.2, 0.25) is 5.91 Å². The van der Waals surface area contributed by atoms with Crippen LogP contribution >= 0.6 is 0 Å². The molecule has 1 amide bonds. The molecule has 1 aromatic carbocycles. The molecule has 4 rings (SSSR count). The fraction of sp³-hybridized carbons (Fsp3) is 0.632. The number of rotatable bonds is 0. The van der Waals surface area contributed by atoms with E-state index in [1.54, 1.807) is 0 Å². The predicted molar refractivity (Wildman–Crippen MR) is 85.8 cm³/mol. The lowest BCUT2D eigenvalue weighted by Crippen LogP contribution is -2.53. The van der Waals surface area contributed by atoms with E-state index in [1.165, 1.54) is 55.3 Å². The van der Waals surface area contributed by atoms with Crippen LogP contribution in [0.3, 0.4) is 0 Å². The van der Waals surface area contributed by atoms with Crippen molar-refractivity contribution < 1.29 is 4.79 Å². The Morgan fingerprint density at radius 1 is 1.05 bits per heavy atom. The minimum atomic E-state index is 0.0466. The minimum Gasteiger partial charge on any atom is -0.305 e. The molecule has 0 radical (unpaired) electrons. The van der Waals surface area contributed by atoms with Crippen LogP contribution in [0.5, 0.6) is 0 Å². The standard InChI is InChI=1S/C19H25NO/c1-13-12-19(10-5-3-4-6-11-19)20-17-15(13)8-7-9-16(17)14(2)18(20)21/h7-9,13-14H,3-6,10-12H2,1-2H3. The zero-order valence-electron chi connectivity index (χ0n) is 13.2. The van der Waals surface area contributed by atoms with Crippen molar-refractivity contribution in [1.82, 2.24) is 0 Å². The Morgan fingerprint density at radius 2 is 1.71 bits per heavy atom. The van der Waals surface area contributed by atoms with Crippen molar-refractivity contribution in [3.8, 4) is 0 Å². The molecule has 2 aliphatic heterocycles. The highest BCUT2D eigenvalue weighted by Crippen LogP contribution is 2.55. The molecular weight excluding hydrogens is 258 g/mol. The molecule has 0 bridgehead atoms. The van der Waals surface area contributed by atoms with E-state index < -0.39 is 0 Å². The van der Waals surface area contributed by atoms with Gasteiger partial charge in [0.15, 0.2) is 0 Å². The van der Waals surface area contributed by atoms with Gasteiger partial charge in [0, 0.05) is 5.54 Å². The van der Waals surface area contributed by atoms with Crippen LogP contribution in [0.1, 0.15) is 81.8 Å². The summed E-state index contributed by atoms with van der Waals surface area (Å²) >= 11 is 0. The van der Waals surface area contributed by atoms with Crippen LogP contribution < -0.4 is 4.90 Å². The lowest BCUT2D eigenvalue weighted by Gasteiger charge is -2.48. The third-order valence-electron chi connectivity index (χ3n) is 6.11.